The topological polar surface area (TPSA) is 29.5 Å². The second kappa shape index (κ2) is 9.36. The Hall–Kier alpha value is -1.61. The van der Waals surface area contributed by atoms with Crippen molar-refractivity contribution in [3.63, 3.8) is 0 Å². The van der Waals surface area contributed by atoms with E-state index in [9.17, 15) is 4.79 Å². The molecule has 1 fully saturated rings. The van der Waals surface area contributed by atoms with E-state index < -0.39 is 0 Å². The summed E-state index contributed by atoms with van der Waals surface area (Å²) >= 11 is 0. The summed E-state index contributed by atoms with van der Waals surface area (Å²) in [7, 11) is 1.70. The molecule has 0 aromatic heterocycles. The van der Waals surface area contributed by atoms with E-state index in [2.05, 4.69) is 31.2 Å². The van der Waals surface area contributed by atoms with E-state index in [1.165, 1.54) is 37.7 Å². The summed E-state index contributed by atoms with van der Waals surface area (Å²) in [4.78, 5) is 15.1. The van der Waals surface area contributed by atoms with Crippen LogP contribution in [-0.2, 0) is 11.2 Å². The molecule has 142 valence electrons. The van der Waals surface area contributed by atoms with Gasteiger partial charge in [-0.15, -0.1) is 0 Å². The fraction of sp³-hybridized carbons (Fsp3) is 0.609. The number of rotatable bonds is 10. The molecule has 3 rings (SSSR count). The van der Waals surface area contributed by atoms with Crippen LogP contribution in [0.1, 0.15) is 54.9 Å². The summed E-state index contributed by atoms with van der Waals surface area (Å²) in [5, 5.41) is 0. The van der Waals surface area contributed by atoms with Crippen LogP contribution in [0.15, 0.2) is 36.4 Å². The lowest BCUT2D eigenvalue weighted by Crippen LogP contribution is -2.38. The zero-order valence-electron chi connectivity index (χ0n) is 16.3. The molecule has 0 aliphatic heterocycles. The number of fused-ring (bicyclic) bond motifs is 2. The molecule has 3 heteroatoms. The molecule has 3 nitrogen and oxygen atoms in total. The first-order chi connectivity index (χ1) is 12.7. The molecule has 1 saturated carbocycles. The molecule has 2 bridgehead atoms. The minimum absolute atomic E-state index is 0.147. The summed E-state index contributed by atoms with van der Waals surface area (Å²) in [5.41, 5.74) is 2.13. The van der Waals surface area contributed by atoms with Gasteiger partial charge in [0.1, 0.15) is 0 Å². The molecule has 0 spiro atoms. The Bertz CT molecular complexity index is 607. The second-order valence-corrected chi connectivity index (χ2v) is 7.94. The smallest absolute Gasteiger partial charge is 0.253 e. The highest BCUT2D eigenvalue weighted by molar-refractivity contribution is 5.94. The molecule has 3 atom stereocenters. The number of allylic oxidation sites excluding steroid dienone is 2. The standard InChI is InChI=1S/C23H33NO2/c1-3-4-5-6-18-7-10-20(11-8-18)23(25)24(13-14-26-2)17-22-16-19-9-12-21(22)15-19/h7-12,19,21-22H,3-6,13-17H2,1-2H3. The van der Waals surface area contributed by atoms with Gasteiger partial charge in [0.05, 0.1) is 6.61 Å². The molecule has 26 heavy (non-hydrogen) atoms. The number of nitrogens with zero attached hydrogens (tertiary/aromatic N) is 1. The molecule has 0 radical (unpaired) electrons. The Morgan fingerprint density at radius 3 is 2.58 bits per heavy atom. The Morgan fingerprint density at radius 1 is 1.15 bits per heavy atom. The average molecular weight is 356 g/mol. The van der Waals surface area contributed by atoms with E-state index in [0.29, 0.717) is 25.0 Å². The van der Waals surface area contributed by atoms with Gasteiger partial charge in [0, 0.05) is 25.8 Å². The van der Waals surface area contributed by atoms with E-state index in [1.54, 1.807) is 7.11 Å². The van der Waals surface area contributed by atoms with Crippen molar-refractivity contribution in [3.05, 3.63) is 47.5 Å². The maximum absolute atomic E-state index is 13.1. The summed E-state index contributed by atoms with van der Waals surface area (Å²) in [5.74, 6) is 2.17. The molecule has 1 aromatic rings. The number of carbonyl (C=O) groups excluding carboxylic acids is 1. The zero-order valence-corrected chi connectivity index (χ0v) is 16.3. The second-order valence-electron chi connectivity index (χ2n) is 7.94. The van der Waals surface area contributed by atoms with Gasteiger partial charge in [-0.1, -0.05) is 44.1 Å². The van der Waals surface area contributed by atoms with Crippen LogP contribution >= 0.6 is 0 Å². The van der Waals surface area contributed by atoms with Crippen LogP contribution in [0.25, 0.3) is 0 Å². The lowest BCUT2D eigenvalue weighted by atomic mass is 9.93. The van der Waals surface area contributed by atoms with Crippen LogP contribution in [0.4, 0.5) is 0 Å². The lowest BCUT2D eigenvalue weighted by molar-refractivity contribution is 0.0652. The Labute approximate surface area is 158 Å². The van der Waals surface area contributed by atoms with Crippen molar-refractivity contribution in [2.24, 2.45) is 17.8 Å². The van der Waals surface area contributed by atoms with E-state index in [-0.39, 0.29) is 5.91 Å². The summed E-state index contributed by atoms with van der Waals surface area (Å²) in [6.07, 6.45) is 12.1. The van der Waals surface area contributed by atoms with Crippen LogP contribution < -0.4 is 0 Å². The number of benzene rings is 1. The van der Waals surface area contributed by atoms with Crippen molar-refractivity contribution < 1.29 is 9.53 Å². The molecule has 1 aromatic carbocycles. The first-order valence-corrected chi connectivity index (χ1v) is 10.3. The molecule has 0 N–H and O–H groups in total. The predicted molar refractivity (Wildman–Crippen MR) is 106 cm³/mol. The van der Waals surface area contributed by atoms with Crippen molar-refractivity contribution in [1.82, 2.24) is 4.90 Å². The van der Waals surface area contributed by atoms with Crippen LogP contribution in [0.3, 0.4) is 0 Å². The number of methoxy groups -OCH3 is 1. The van der Waals surface area contributed by atoms with E-state index in [1.807, 2.05) is 17.0 Å². The highest BCUT2D eigenvalue weighted by Gasteiger charge is 2.37. The zero-order chi connectivity index (χ0) is 18.4. The molecule has 2 aliphatic carbocycles. The maximum atomic E-state index is 13.1. The van der Waals surface area contributed by atoms with Crippen LogP contribution in [0.5, 0.6) is 0 Å². The van der Waals surface area contributed by atoms with Crippen molar-refractivity contribution in [2.75, 3.05) is 26.8 Å². The SMILES string of the molecule is CCCCCc1ccc(C(=O)N(CCOC)CC2CC3C=CC2C3)cc1. The highest BCUT2D eigenvalue weighted by Crippen LogP contribution is 2.43. The van der Waals surface area contributed by atoms with E-state index in [0.717, 1.165) is 24.4 Å². The average Bonchev–Trinajstić information content (AvgIpc) is 3.28. The molecular weight excluding hydrogens is 322 g/mol. The van der Waals surface area contributed by atoms with Gasteiger partial charge in [-0.2, -0.15) is 0 Å². The fourth-order valence-corrected chi connectivity index (χ4v) is 4.44. The maximum Gasteiger partial charge on any atom is 0.253 e. The lowest BCUT2D eigenvalue weighted by Gasteiger charge is -2.28. The number of unbranched alkanes of at least 4 members (excludes halogenated alkanes) is 2. The van der Waals surface area contributed by atoms with Crippen molar-refractivity contribution in [1.29, 1.82) is 0 Å². The number of hydrogen-bond acceptors (Lipinski definition) is 2. The van der Waals surface area contributed by atoms with Gasteiger partial charge in [-0.3, -0.25) is 4.79 Å². The highest BCUT2D eigenvalue weighted by atomic mass is 16.5. The minimum atomic E-state index is 0.147. The van der Waals surface area contributed by atoms with Gasteiger partial charge in [-0.25, -0.2) is 0 Å². The summed E-state index contributed by atoms with van der Waals surface area (Å²) < 4.78 is 5.25. The molecule has 2 aliphatic rings. The minimum Gasteiger partial charge on any atom is -0.383 e. The van der Waals surface area contributed by atoms with Crippen LogP contribution in [0.2, 0.25) is 0 Å². The van der Waals surface area contributed by atoms with E-state index in [4.69, 9.17) is 4.74 Å². The predicted octanol–water partition coefficient (Wildman–Crippen LogP) is 4.72. The summed E-state index contributed by atoms with van der Waals surface area (Å²) in [6, 6.07) is 8.25. The molecule has 0 saturated heterocycles. The third-order valence-electron chi connectivity index (χ3n) is 5.99. The van der Waals surface area contributed by atoms with Gasteiger partial charge < -0.3 is 9.64 Å². The van der Waals surface area contributed by atoms with Crippen molar-refractivity contribution in [2.45, 2.75) is 45.4 Å². The molecule has 1 amide bonds. The van der Waals surface area contributed by atoms with Crippen molar-refractivity contribution in [3.8, 4) is 0 Å². The monoisotopic (exact) mass is 355 g/mol. The Balaban J connectivity index is 1.61. The number of aryl methyl sites for hydroxylation is 1. The Kier molecular flexibility index (Phi) is 6.90. The van der Waals surface area contributed by atoms with Crippen molar-refractivity contribution >= 4 is 5.91 Å². The number of ether oxygens (including phenoxy) is 1. The quantitative estimate of drug-likeness (QED) is 0.449. The largest absolute Gasteiger partial charge is 0.383 e. The third-order valence-corrected chi connectivity index (χ3v) is 5.99. The first-order valence-electron chi connectivity index (χ1n) is 10.3. The van der Waals surface area contributed by atoms with Crippen LogP contribution in [0, 0.1) is 17.8 Å². The van der Waals surface area contributed by atoms with Crippen LogP contribution in [-0.4, -0.2) is 37.6 Å². The van der Waals surface area contributed by atoms with Gasteiger partial charge in [0.25, 0.3) is 5.91 Å². The van der Waals surface area contributed by atoms with Gasteiger partial charge in [-0.05, 0) is 61.1 Å². The molecule has 0 heterocycles. The number of hydrogen-bond donors (Lipinski definition) is 0. The third kappa shape index (κ3) is 4.76. The number of amides is 1. The fourth-order valence-electron chi connectivity index (χ4n) is 4.44. The first kappa shape index (κ1) is 19.2. The molecule has 3 unspecified atom stereocenters. The number of carbonyl (C=O) groups is 1. The Morgan fingerprint density at radius 2 is 1.96 bits per heavy atom. The molecular formula is C23H33NO2. The van der Waals surface area contributed by atoms with E-state index >= 15 is 0 Å². The van der Waals surface area contributed by atoms with Gasteiger partial charge >= 0.3 is 0 Å². The summed E-state index contributed by atoms with van der Waals surface area (Å²) in [6.45, 7) is 4.34. The van der Waals surface area contributed by atoms with Gasteiger partial charge in [0.2, 0.25) is 0 Å². The van der Waals surface area contributed by atoms with Gasteiger partial charge in [0.15, 0.2) is 0 Å². The normalized spacial score (nSPS) is 23.5.